The highest BCUT2D eigenvalue weighted by Crippen LogP contribution is 2.19. The van der Waals surface area contributed by atoms with Gasteiger partial charge in [0.05, 0.1) is 21.9 Å². The number of nitrogens with zero attached hydrogens (tertiary/aromatic N) is 3. The van der Waals surface area contributed by atoms with Crippen LogP contribution in [0.1, 0.15) is 0 Å². The molecule has 0 saturated heterocycles. The molecular weight excluding hydrogens is 228 g/mol. The second-order valence-electron chi connectivity index (χ2n) is 4.11. The van der Waals surface area contributed by atoms with Crippen molar-refractivity contribution in [2.75, 3.05) is 0 Å². The third kappa shape index (κ3) is 1.08. The second kappa shape index (κ2) is 3.16. The summed E-state index contributed by atoms with van der Waals surface area (Å²) in [5, 5.41) is 0.841. The van der Waals surface area contributed by atoms with Crippen LogP contribution in [0.25, 0.3) is 27.6 Å². The first kappa shape index (κ1) is 9.35. The van der Waals surface area contributed by atoms with Crippen LogP contribution < -0.4 is 5.69 Å². The van der Waals surface area contributed by atoms with Crippen molar-refractivity contribution in [3.05, 3.63) is 53.2 Å². The predicted molar refractivity (Wildman–Crippen MR) is 68.6 cm³/mol. The fourth-order valence-corrected chi connectivity index (χ4v) is 2.26. The van der Waals surface area contributed by atoms with Gasteiger partial charge in [-0.1, -0.05) is 12.1 Å². The van der Waals surface area contributed by atoms with E-state index in [0.29, 0.717) is 5.65 Å². The lowest BCUT2D eigenvalue weighted by Crippen LogP contribution is -2.15. The van der Waals surface area contributed by atoms with E-state index in [9.17, 15) is 4.79 Å². The largest absolute Gasteiger partial charge is 0.332 e. The molecule has 4 rings (SSSR count). The van der Waals surface area contributed by atoms with E-state index in [1.165, 1.54) is 0 Å². The number of H-pyrrole nitrogens is 1. The van der Waals surface area contributed by atoms with Crippen molar-refractivity contribution in [3.63, 3.8) is 0 Å². The molecule has 5 heteroatoms. The number of benzene rings is 1. The van der Waals surface area contributed by atoms with Crippen LogP contribution in [0.4, 0.5) is 0 Å². The Morgan fingerprint density at radius 2 is 2.06 bits per heavy atom. The molecule has 18 heavy (non-hydrogen) atoms. The van der Waals surface area contributed by atoms with Crippen molar-refractivity contribution < 1.29 is 0 Å². The van der Waals surface area contributed by atoms with Gasteiger partial charge in [-0.3, -0.25) is 4.98 Å². The molecular formula is C13H8N4O. The Morgan fingerprint density at radius 1 is 1.17 bits per heavy atom. The van der Waals surface area contributed by atoms with Crippen molar-refractivity contribution in [1.29, 1.82) is 0 Å². The lowest BCUT2D eigenvalue weighted by molar-refractivity contribution is 1.06. The summed E-state index contributed by atoms with van der Waals surface area (Å²) >= 11 is 0. The molecule has 3 heterocycles. The minimum absolute atomic E-state index is 0.183. The van der Waals surface area contributed by atoms with Gasteiger partial charge in [0.25, 0.3) is 0 Å². The number of aromatic nitrogens is 4. The monoisotopic (exact) mass is 236 g/mol. The normalized spacial score (nSPS) is 11.6. The molecule has 0 spiro atoms. The molecule has 86 valence electrons. The van der Waals surface area contributed by atoms with E-state index in [1.54, 1.807) is 22.9 Å². The number of hydrogen-bond donors (Lipinski definition) is 1. The molecule has 3 aromatic heterocycles. The molecule has 1 aromatic carbocycles. The van der Waals surface area contributed by atoms with Crippen molar-refractivity contribution in [2.24, 2.45) is 0 Å². The van der Waals surface area contributed by atoms with Gasteiger partial charge < -0.3 is 4.98 Å². The summed E-state index contributed by atoms with van der Waals surface area (Å²) in [5.74, 6) is 0. The van der Waals surface area contributed by atoms with Crippen molar-refractivity contribution in [2.45, 2.75) is 0 Å². The van der Waals surface area contributed by atoms with Gasteiger partial charge in [0.1, 0.15) is 0 Å². The summed E-state index contributed by atoms with van der Waals surface area (Å²) in [6.07, 6.45) is 3.36. The summed E-state index contributed by atoms with van der Waals surface area (Å²) in [7, 11) is 0. The van der Waals surface area contributed by atoms with Crippen LogP contribution in [0, 0.1) is 0 Å². The molecule has 0 aliphatic carbocycles. The van der Waals surface area contributed by atoms with Crippen LogP contribution >= 0.6 is 0 Å². The number of rotatable bonds is 0. The SMILES string of the molecule is O=c1[nH]c2ccncc2c2nc3ccccc3n12. The van der Waals surface area contributed by atoms with Gasteiger partial charge in [0, 0.05) is 12.4 Å². The maximum Gasteiger partial charge on any atom is 0.332 e. The zero-order valence-electron chi connectivity index (χ0n) is 9.29. The van der Waals surface area contributed by atoms with Crippen molar-refractivity contribution in [1.82, 2.24) is 19.4 Å². The maximum absolute atomic E-state index is 12.1. The summed E-state index contributed by atoms with van der Waals surface area (Å²) in [5.41, 5.74) is 2.82. The van der Waals surface area contributed by atoms with E-state index in [1.807, 2.05) is 24.3 Å². The van der Waals surface area contributed by atoms with Gasteiger partial charge in [0.2, 0.25) is 0 Å². The Kier molecular flexibility index (Phi) is 1.64. The van der Waals surface area contributed by atoms with Crippen LogP contribution in [-0.4, -0.2) is 19.4 Å². The second-order valence-corrected chi connectivity index (χ2v) is 4.11. The Hall–Kier alpha value is -2.69. The van der Waals surface area contributed by atoms with E-state index in [4.69, 9.17) is 0 Å². The quantitative estimate of drug-likeness (QED) is 0.505. The van der Waals surface area contributed by atoms with E-state index >= 15 is 0 Å². The molecule has 0 aliphatic rings. The van der Waals surface area contributed by atoms with Crippen molar-refractivity contribution >= 4 is 27.6 Å². The van der Waals surface area contributed by atoms with Gasteiger partial charge in [-0.15, -0.1) is 0 Å². The van der Waals surface area contributed by atoms with Crippen LogP contribution in [0.15, 0.2) is 47.5 Å². The zero-order valence-corrected chi connectivity index (χ0v) is 9.29. The highest BCUT2D eigenvalue weighted by molar-refractivity contribution is 5.95. The van der Waals surface area contributed by atoms with Gasteiger partial charge in [-0.2, -0.15) is 0 Å². The lowest BCUT2D eigenvalue weighted by Gasteiger charge is -1.99. The highest BCUT2D eigenvalue weighted by atomic mass is 16.1. The summed E-state index contributed by atoms with van der Waals surface area (Å²) in [6.45, 7) is 0. The molecule has 0 unspecified atom stereocenters. The Balaban J connectivity index is 2.42. The smallest absolute Gasteiger partial charge is 0.306 e. The highest BCUT2D eigenvalue weighted by Gasteiger charge is 2.10. The predicted octanol–water partition coefficient (Wildman–Crippen LogP) is 1.72. The van der Waals surface area contributed by atoms with Crippen molar-refractivity contribution in [3.8, 4) is 0 Å². The van der Waals surface area contributed by atoms with Gasteiger partial charge in [-0.25, -0.2) is 14.2 Å². The van der Waals surface area contributed by atoms with Crippen LogP contribution in [0.5, 0.6) is 0 Å². The van der Waals surface area contributed by atoms with E-state index < -0.39 is 0 Å². The average molecular weight is 236 g/mol. The Morgan fingerprint density at radius 3 is 3.00 bits per heavy atom. The first-order chi connectivity index (χ1) is 8.84. The molecule has 0 radical (unpaired) electrons. The number of para-hydroxylation sites is 2. The number of fused-ring (bicyclic) bond motifs is 5. The summed E-state index contributed by atoms with van der Waals surface area (Å²) < 4.78 is 1.58. The third-order valence-corrected chi connectivity index (χ3v) is 3.07. The molecule has 5 nitrogen and oxygen atoms in total. The topological polar surface area (TPSA) is 63.0 Å². The van der Waals surface area contributed by atoms with E-state index in [-0.39, 0.29) is 5.69 Å². The Bertz CT molecular complexity index is 951. The zero-order chi connectivity index (χ0) is 12.1. The molecule has 0 aliphatic heterocycles. The fraction of sp³-hybridized carbons (Fsp3) is 0. The van der Waals surface area contributed by atoms with Crippen LogP contribution in [0.2, 0.25) is 0 Å². The number of imidazole rings is 1. The maximum atomic E-state index is 12.1. The van der Waals surface area contributed by atoms with Crippen LogP contribution in [0.3, 0.4) is 0 Å². The number of nitrogens with one attached hydrogen (secondary N) is 1. The molecule has 0 fully saturated rings. The van der Waals surface area contributed by atoms with E-state index in [2.05, 4.69) is 15.0 Å². The standard InChI is InChI=1S/C13H8N4O/c18-13-16-9-5-6-14-7-8(9)12-15-10-3-1-2-4-11(10)17(12)13/h1-7H,(H,16,18). The first-order valence-electron chi connectivity index (χ1n) is 5.58. The summed E-state index contributed by atoms with van der Waals surface area (Å²) in [6, 6.07) is 9.35. The molecule has 0 saturated carbocycles. The molecule has 4 aromatic rings. The fourth-order valence-electron chi connectivity index (χ4n) is 2.26. The average Bonchev–Trinajstić information content (AvgIpc) is 2.79. The molecule has 0 amide bonds. The number of hydrogen-bond acceptors (Lipinski definition) is 3. The minimum atomic E-state index is -0.183. The third-order valence-electron chi connectivity index (χ3n) is 3.07. The number of aromatic amines is 1. The molecule has 1 N–H and O–H groups in total. The number of pyridine rings is 1. The van der Waals surface area contributed by atoms with Crippen LogP contribution in [-0.2, 0) is 0 Å². The molecule has 0 atom stereocenters. The Labute approximate surface area is 101 Å². The van der Waals surface area contributed by atoms with Gasteiger partial charge >= 0.3 is 5.69 Å². The minimum Gasteiger partial charge on any atom is -0.306 e. The van der Waals surface area contributed by atoms with E-state index in [0.717, 1.165) is 21.9 Å². The first-order valence-corrected chi connectivity index (χ1v) is 5.58. The molecule has 0 bridgehead atoms. The van der Waals surface area contributed by atoms with Gasteiger partial charge in [-0.05, 0) is 18.2 Å². The lowest BCUT2D eigenvalue weighted by atomic mass is 10.3. The van der Waals surface area contributed by atoms with Gasteiger partial charge in [0.15, 0.2) is 5.65 Å². The summed E-state index contributed by atoms with van der Waals surface area (Å²) in [4.78, 5) is 23.5.